The number of nitrogen functional groups attached to an aromatic ring is 1. The third-order valence-electron chi connectivity index (χ3n) is 4.38. The normalized spacial score (nSPS) is 28.3. The van der Waals surface area contributed by atoms with Crippen LogP contribution in [0.2, 0.25) is 0 Å². The first-order chi connectivity index (χ1) is 17.3. The molecule has 1 saturated heterocycles. The number of aliphatic carboxylic acids is 1. The van der Waals surface area contributed by atoms with Crippen molar-refractivity contribution in [3.05, 3.63) is 12.7 Å². The van der Waals surface area contributed by atoms with Gasteiger partial charge in [-0.05, 0) is 0 Å². The highest BCUT2D eigenvalue weighted by molar-refractivity contribution is 7.70. The summed E-state index contributed by atoms with van der Waals surface area (Å²) in [6.45, 7) is -1.08. The summed E-state index contributed by atoms with van der Waals surface area (Å²) < 4.78 is 69.1. The average Bonchev–Trinajstić information content (AvgIpc) is 3.25. The van der Waals surface area contributed by atoms with Crippen molar-refractivity contribution < 1.29 is 80.1 Å². The Morgan fingerprint density at radius 3 is 2.21 bits per heavy atom. The molecule has 214 valence electrons. The summed E-state index contributed by atoms with van der Waals surface area (Å²) in [5.41, 5.74) is 5.90. The molecule has 0 aromatic carbocycles. The number of phosphoric ester groups is 1. The zero-order valence-electron chi connectivity index (χ0n) is 18.2. The van der Waals surface area contributed by atoms with Gasteiger partial charge in [0, 0.05) is 0 Å². The molecule has 3 rings (SSSR count). The smallest absolute Gasteiger partial charge is 0.481 e. The third-order valence-corrected chi connectivity index (χ3v) is 10.7. The van der Waals surface area contributed by atoms with Crippen LogP contribution in [0.1, 0.15) is 6.23 Å². The lowest BCUT2D eigenvalue weighted by Gasteiger charge is -2.20. The standard InChI is InChI=1S/C12H19N5O17P4/c13-10-7-11(15-3-14-10)17(4-16-7)12-9(21)8(20)5(31-12)1-30-36(24,25)33-38(28,29)34-37(26,27)32-35(22,23)2-6(18)19/h3-5,8-9,12,20-21H,1-2H2,(H,18,19)(H,22,23)(H,24,25)(H,26,27)(H,28,29)(H2,13,14,15). The fourth-order valence-electron chi connectivity index (χ4n) is 3.00. The number of carbonyl (C=O) groups is 1. The molecular weight excluding hydrogens is 610 g/mol. The minimum absolute atomic E-state index is 0.00259. The van der Waals surface area contributed by atoms with Crippen molar-refractivity contribution in [1.82, 2.24) is 19.5 Å². The quantitative estimate of drug-likeness (QED) is 0.126. The van der Waals surface area contributed by atoms with Gasteiger partial charge < -0.3 is 45.4 Å². The number of carboxylic acids is 1. The molecule has 0 aliphatic carbocycles. The number of aliphatic hydroxyl groups excluding tert-OH is 2. The average molecular weight is 629 g/mol. The lowest BCUT2D eigenvalue weighted by atomic mass is 10.1. The summed E-state index contributed by atoms with van der Waals surface area (Å²) in [5.74, 6) is -1.95. The fourth-order valence-corrected chi connectivity index (χ4v) is 8.24. The fraction of sp³-hybridized carbons (Fsp3) is 0.500. The van der Waals surface area contributed by atoms with E-state index in [0.717, 1.165) is 17.2 Å². The first-order valence-electron chi connectivity index (χ1n) is 9.56. The molecule has 0 saturated carbocycles. The zero-order chi connectivity index (χ0) is 28.7. The van der Waals surface area contributed by atoms with Gasteiger partial charge in [0.15, 0.2) is 17.7 Å². The molecule has 8 atom stereocenters. The Morgan fingerprint density at radius 1 is 0.974 bits per heavy atom. The van der Waals surface area contributed by atoms with Crippen LogP contribution in [0.25, 0.3) is 11.2 Å². The van der Waals surface area contributed by atoms with Gasteiger partial charge in [-0.2, -0.15) is 8.62 Å². The van der Waals surface area contributed by atoms with E-state index in [-0.39, 0.29) is 17.0 Å². The summed E-state index contributed by atoms with van der Waals surface area (Å²) in [6.07, 6.45) is -5.86. The maximum Gasteiger partial charge on any atom is 0.490 e. The highest BCUT2D eigenvalue weighted by atomic mass is 31.3. The first-order valence-corrected chi connectivity index (χ1v) is 15.8. The van der Waals surface area contributed by atoms with Crippen LogP contribution in [0.15, 0.2) is 12.7 Å². The van der Waals surface area contributed by atoms with Crippen LogP contribution in [0.5, 0.6) is 0 Å². The van der Waals surface area contributed by atoms with Crippen LogP contribution in [0.4, 0.5) is 5.82 Å². The molecule has 8 unspecified atom stereocenters. The Morgan fingerprint density at radius 2 is 1.58 bits per heavy atom. The van der Waals surface area contributed by atoms with Gasteiger partial charge in [-0.15, -0.1) is 0 Å². The number of hydrogen-bond donors (Lipinski definition) is 8. The van der Waals surface area contributed by atoms with E-state index in [9.17, 15) is 52.8 Å². The third kappa shape index (κ3) is 7.70. The Balaban J connectivity index is 1.63. The van der Waals surface area contributed by atoms with Crippen LogP contribution < -0.4 is 5.73 Å². The number of carboxylic acid groups (broad SMARTS) is 1. The van der Waals surface area contributed by atoms with Crippen LogP contribution in [-0.4, -0.2) is 91.5 Å². The summed E-state index contributed by atoms with van der Waals surface area (Å²) >= 11 is 0. The summed E-state index contributed by atoms with van der Waals surface area (Å²) in [7, 11) is -23.1. The number of rotatable bonds is 12. The van der Waals surface area contributed by atoms with E-state index in [4.69, 9.17) is 15.6 Å². The molecule has 0 bridgehead atoms. The number of fused-ring (bicyclic) bond motifs is 1. The second kappa shape index (κ2) is 11.1. The van der Waals surface area contributed by atoms with Crippen LogP contribution in [-0.2, 0) is 45.2 Å². The Bertz CT molecular complexity index is 1400. The highest BCUT2D eigenvalue weighted by Gasteiger charge is 2.48. The van der Waals surface area contributed by atoms with Crippen molar-refractivity contribution in [3.8, 4) is 0 Å². The van der Waals surface area contributed by atoms with Gasteiger partial charge >= 0.3 is 37.0 Å². The second-order valence-corrected chi connectivity index (χ2v) is 13.9. The topological polar surface area (TPSA) is 343 Å². The number of anilines is 1. The Labute approximate surface area is 209 Å². The Hall–Kier alpha value is -1.70. The van der Waals surface area contributed by atoms with Crippen molar-refractivity contribution in [3.63, 3.8) is 0 Å². The maximum atomic E-state index is 12.1. The minimum Gasteiger partial charge on any atom is -0.481 e. The predicted octanol–water partition coefficient (Wildman–Crippen LogP) is -1.33. The van der Waals surface area contributed by atoms with Crippen molar-refractivity contribution in [2.45, 2.75) is 24.5 Å². The molecule has 1 aliphatic heterocycles. The molecule has 2 aromatic rings. The van der Waals surface area contributed by atoms with E-state index >= 15 is 0 Å². The van der Waals surface area contributed by atoms with Crippen molar-refractivity contribution >= 4 is 54.0 Å². The molecule has 1 aliphatic rings. The molecule has 0 spiro atoms. The molecule has 0 radical (unpaired) electrons. The summed E-state index contributed by atoms with van der Waals surface area (Å²) in [4.78, 5) is 59.8. The van der Waals surface area contributed by atoms with Gasteiger partial charge in [-0.1, -0.05) is 0 Å². The van der Waals surface area contributed by atoms with Gasteiger partial charge in [0.25, 0.3) is 0 Å². The van der Waals surface area contributed by atoms with Crippen molar-refractivity contribution in [2.75, 3.05) is 18.5 Å². The lowest BCUT2D eigenvalue weighted by molar-refractivity contribution is -0.134. The Kier molecular flexibility index (Phi) is 8.97. The molecular formula is C12H19N5O17P4. The van der Waals surface area contributed by atoms with E-state index in [0.29, 0.717) is 0 Å². The maximum absolute atomic E-state index is 12.1. The largest absolute Gasteiger partial charge is 0.490 e. The number of hydrogen-bond acceptors (Lipinski definition) is 16. The van der Waals surface area contributed by atoms with Gasteiger partial charge in [-0.25, -0.2) is 33.0 Å². The van der Waals surface area contributed by atoms with Gasteiger partial charge in [-0.3, -0.25) is 18.5 Å². The number of ether oxygens (including phenoxy) is 1. The van der Waals surface area contributed by atoms with Crippen LogP contribution in [0, 0.1) is 0 Å². The predicted molar refractivity (Wildman–Crippen MR) is 117 cm³/mol. The molecule has 38 heavy (non-hydrogen) atoms. The van der Waals surface area contributed by atoms with Gasteiger partial charge in [0.2, 0.25) is 0 Å². The van der Waals surface area contributed by atoms with E-state index in [1.54, 1.807) is 0 Å². The number of aromatic nitrogens is 4. The number of imidazole rings is 1. The molecule has 22 nitrogen and oxygen atoms in total. The van der Waals surface area contributed by atoms with E-state index in [1.807, 2.05) is 0 Å². The number of phosphoric acid groups is 3. The van der Waals surface area contributed by atoms with Crippen molar-refractivity contribution in [1.29, 1.82) is 0 Å². The highest BCUT2D eigenvalue weighted by Crippen LogP contribution is 2.71. The monoisotopic (exact) mass is 629 g/mol. The van der Waals surface area contributed by atoms with E-state index in [2.05, 4.69) is 32.4 Å². The molecule has 3 heterocycles. The van der Waals surface area contributed by atoms with Crippen molar-refractivity contribution in [2.24, 2.45) is 0 Å². The van der Waals surface area contributed by atoms with Gasteiger partial charge in [0.05, 0.1) is 12.9 Å². The number of nitrogens with two attached hydrogens (primary N) is 1. The number of aliphatic hydroxyl groups is 2. The lowest BCUT2D eigenvalue weighted by Crippen LogP contribution is -2.33. The zero-order valence-corrected chi connectivity index (χ0v) is 21.8. The van der Waals surface area contributed by atoms with Crippen LogP contribution in [0.3, 0.4) is 0 Å². The second-order valence-electron chi connectivity index (χ2n) is 7.26. The van der Waals surface area contributed by atoms with E-state index in [1.165, 1.54) is 0 Å². The SMILES string of the molecule is Nc1ncnc2c1ncn2C1OC(COP(=O)(O)OP(=O)(O)OP(=O)(O)OP(=O)(O)CC(=O)O)C(O)C1O. The number of nitrogens with zero attached hydrogens (tertiary/aromatic N) is 4. The molecule has 9 N–H and O–H groups in total. The molecule has 0 amide bonds. The molecule has 26 heteroatoms. The summed E-state index contributed by atoms with van der Waals surface area (Å²) in [6, 6.07) is 0. The first kappa shape index (κ1) is 30.8. The minimum atomic E-state index is -6.08. The van der Waals surface area contributed by atoms with Crippen LogP contribution >= 0.6 is 31.1 Å². The van der Waals surface area contributed by atoms with Gasteiger partial charge in [0.1, 0.15) is 36.3 Å². The molecule has 1 fully saturated rings. The molecule has 2 aromatic heterocycles. The summed E-state index contributed by atoms with van der Waals surface area (Å²) in [5, 5.41) is 29.0. The van der Waals surface area contributed by atoms with E-state index < -0.39 is 74.3 Å².